The minimum absolute atomic E-state index is 0.0370. The van der Waals surface area contributed by atoms with Crippen LogP contribution in [0.15, 0.2) is 18.2 Å². The van der Waals surface area contributed by atoms with E-state index in [1.807, 2.05) is 20.8 Å². The number of likely N-dealkylation sites (tertiary alicyclic amines) is 1. The summed E-state index contributed by atoms with van der Waals surface area (Å²) in [4.78, 5) is 40.3. The highest BCUT2D eigenvalue weighted by molar-refractivity contribution is 6.08. The third kappa shape index (κ3) is 3.33. The molecular weight excluding hydrogens is 388 g/mol. The molecule has 3 rings (SSSR count). The van der Waals surface area contributed by atoms with Gasteiger partial charge < -0.3 is 25.1 Å². The predicted molar refractivity (Wildman–Crippen MR) is 105 cm³/mol. The second-order valence-corrected chi connectivity index (χ2v) is 8.70. The number of hydrogen-bond acceptors (Lipinski definition) is 6. The van der Waals surface area contributed by atoms with Crippen molar-refractivity contribution in [3.63, 3.8) is 0 Å². The van der Waals surface area contributed by atoms with Crippen molar-refractivity contribution in [3.8, 4) is 11.5 Å². The highest BCUT2D eigenvalue weighted by Gasteiger charge is 2.69. The summed E-state index contributed by atoms with van der Waals surface area (Å²) in [6.45, 7) is 5.98. The van der Waals surface area contributed by atoms with Gasteiger partial charge in [0.15, 0.2) is 11.5 Å². The fourth-order valence-electron chi connectivity index (χ4n) is 5.12. The van der Waals surface area contributed by atoms with Gasteiger partial charge in [-0.2, -0.15) is 0 Å². The van der Waals surface area contributed by atoms with Crippen molar-refractivity contribution in [2.24, 2.45) is 17.8 Å². The normalized spacial score (nSPS) is 28.3. The van der Waals surface area contributed by atoms with Gasteiger partial charge in [0.05, 0.1) is 12.7 Å². The number of phenolic OH excluding ortho intramolecular Hbond substituents is 1. The molecule has 4 unspecified atom stereocenters. The molecule has 1 aromatic rings. The van der Waals surface area contributed by atoms with Gasteiger partial charge in [-0.1, -0.05) is 33.3 Å². The van der Waals surface area contributed by atoms with E-state index in [2.05, 4.69) is 0 Å². The van der Waals surface area contributed by atoms with Crippen LogP contribution in [-0.4, -0.2) is 47.0 Å². The fraction of sp³-hybridized carbons (Fsp3) is 0.591. The van der Waals surface area contributed by atoms with Crippen LogP contribution in [0.4, 0.5) is 0 Å². The zero-order chi connectivity index (χ0) is 22.2. The van der Waals surface area contributed by atoms with Gasteiger partial charge in [-0.15, -0.1) is 0 Å². The number of amides is 2. The van der Waals surface area contributed by atoms with E-state index in [1.54, 1.807) is 23.5 Å². The SMILES string of the molecule is CCCCN1C(=O)C2C(c3cccc(OC)c3O)[NH2+]C(CC(C)C)(C(=O)[O-])C2C1=O. The summed E-state index contributed by atoms with van der Waals surface area (Å²) in [6, 6.07) is 4.17. The van der Waals surface area contributed by atoms with Crippen LogP contribution in [0.2, 0.25) is 0 Å². The molecule has 8 heteroatoms. The number of para-hydroxylation sites is 1. The molecule has 164 valence electrons. The number of ether oxygens (including phenoxy) is 1. The van der Waals surface area contributed by atoms with Crippen LogP contribution < -0.4 is 15.2 Å². The van der Waals surface area contributed by atoms with E-state index in [4.69, 9.17) is 4.74 Å². The van der Waals surface area contributed by atoms with Crippen molar-refractivity contribution < 1.29 is 34.7 Å². The van der Waals surface area contributed by atoms with E-state index in [-0.39, 0.29) is 36.3 Å². The quantitative estimate of drug-likeness (QED) is 0.571. The molecular formula is C22H30N2O6. The molecule has 0 bridgehead atoms. The number of imide groups is 1. The number of rotatable bonds is 8. The number of phenols is 1. The lowest BCUT2D eigenvalue weighted by molar-refractivity contribution is -0.740. The Morgan fingerprint density at radius 1 is 1.33 bits per heavy atom. The van der Waals surface area contributed by atoms with E-state index in [9.17, 15) is 24.6 Å². The Labute approximate surface area is 176 Å². The number of aromatic hydroxyl groups is 1. The van der Waals surface area contributed by atoms with Gasteiger partial charge in [-0.3, -0.25) is 14.5 Å². The number of carboxylic acid groups (broad SMARTS) is 1. The molecule has 2 fully saturated rings. The van der Waals surface area contributed by atoms with Crippen LogP contribution in [-0.2, 0) is 14.4 Å². The molecule has 0 aromatic heterocycles. The van der Waals surface area contributed by atoms with E-state index in [0.717, 1.165) is 6.42 Å². The maximum absolute atomic E-state index is 13.3. The lowest BCUT2D eigenvalue weighted by atomic mass is 9.75. The molecule has 8 nitrogen and oxygen atoms in total. The highest BCUT2D eigenvalue weighted by atomic mass is 16.5. The smallest absolute Gasteiger partial charge is 0.240 e. The Morgan fingerprint density at radius 2 is 2.03 bits per heavy atom. The predicted octanol–water partition coefficient (Wildman–Crippen LogP) is -0.0450. The summed E-state index contributed by atoms with van der Waals surface area (Å²) >= 11 is 0. The third-order valence-electron chi connectivity index (χ3n) is 6.33. The number of carbonyl (C=O) groups is 3. The number of nitrogens with two attached hydrogens (primary N) is 1. The molecule has 3 N–H and O–H groups in total. The monoisotopic (exact) mass is 418 g/mol. The van der Waals surface area contributed by atoms with Crippen molar-refractivity contribution in [2.45, 2.75) is 51.6 Å². The second kappa shape index (κ2) is 8.26. The first-order valence-electron chi connectivity index (χ1n) is 10.5. The van der Waals surface area contributed by atoms with Gasteiger partial charge in [0, 0.05) is 13.0 Å². The van der Waals surface area contributed by atoms with Crippen molar-refractivity contribution >= 4 is 17.8 Å². The van der Waals surface area contributed by atoms with Gasteiger partial charge in [-0.05, 0) is 24.5 Å². The maximum atomic E-state index is 13.3. The zero-order valence-corrected chi connectivity index (χ0v) is 17.9. The summed E-state index contributed by atoms with van der Waals surface area (Å²) in [5.74, 6) is -4.07. The molecule has 2 amide bonds. The van der Waals surface area contributed by atoms with Crippen molar-refractivity contribution in [3.05, 3.63) is 23.8 Å². The first-order valence-corrected chi connectivity index (χ1v) is 10.5. The first kappa shape index (κ1) is 22.1. The molecule has 2 aliphatic rings. The molecule has 2 saturated heterocycles. The molecule has 2 heterocycles. The average molecular weight is 418 g/mol. The van der Waals surface area contributed by atoms with Crippen LogP contribution in [0.5, 0.6) is 11.5 Å². The molecule has 4 atom stereocenters. The highest BCUT2D eigenvalue weighted by Crippen LogP contribution is 2.48. The van der Waals surface area contributed by atoms with Crippen LogP contribution in [0.25, 0.3) is 0 Å². The zero-order valence-electron chi connectivity index (χ0n) is 17.9. The fourth-order valence-corrected chi connectivity index (χ4v) is 5.12. The van der Waals surface area contributed by atoms with Gasteiger partial charge >= 0.3 is 0 Å². The molecule has 0 spiro atoms. The Hall–Kier alpha value is -2.61. The van der Waals surface area contributed by atoms with Crippen LogP contribution >= 0.6 is 0 Å². The lowest BCUT2D eigenvalue weighted by Gasteiger charge is -2.34. The number of fused-ring (bicyclic) bond motifs is 1. The van der Waals surface area contributed by atoms with Gasteiger partial charge in [0.2, 0.25) is 11.8 Å². The molecule has 0 radical (unpaired) electrons. The van der Waals surface area contributed by atoms with Crippen LogP contribution in [0.3, 0.4) is 0 Å². The summed E-state index contributed by atoms with van der Waals surface area (Å²) in [5, 5.41) is 24.7. The Balaban J connectivity index is 2.15. The van der Waals surface area contributed by atoms with Crippen LogP contribution in [0.1, 0.15) is 51.6 Å². The molecule has 0 saturated carbocycles. The van der Waals surface area contributed by atoms with E-state index < -0.39 is 35.3 Å². The Morgan fingerprint density at radius 3 is 2.60 bits per heavy atom. The summed E-state index contributed by atoms with van der Waals surface area (Å²) in [5.41, 5.74) is -1.19. The van der Waals surface area contributed by atoms with Crippen molar-refractivity contribution in [1.29, 1.82) is 0 Å². The number of aliphatic carboxylic acids is 1. The molecule has 30 heavy (non-hydrogen) atoms. The Bertz CT molecular complexity index is 854. The Kier molecular flexibility index (Phi) is 6.08. The average Bonchev–Trinajstić information content (AvgIpc) is 3.15. The minimum Gasteiger partial charge on any atom is -0.544 e. The van der Waals surface area contributed by atoms with Gasteiger partial charge in [0.25, 0.3) is 0 Å². The van der Waals surface area contributed by atoms with E-state index >= 15 is 0 Å². The number of methoxy groups -OCH3 is 1. The number of nitrogens with zero attached hydrogens (tertiary/aromatic N) is 1. The number of carbonyl (C=O) groups excluding carboxylic acids is 3. The third-order valence-corrected chi connectivity index (χ3v) is 6.33. The summed E-state index contributed by atoms with van der Waals surface area (Å²) in [6.07, 6.45) is 1.63. The number of carboxylic acids is 1. The molecule has 1 aromatic carbocycles. The number of quaternary nitrogens is 1. The molecule has 2 aliphatic heterocycles. The summed E-state index contributed by atoms with van der Waals surface area (Å²) in [7, 11) is 1.42. The summed E-state index contributed by atoms with van der Waals surface area (Å²) < 4.78 is 5.19. The number of unbranched alkanes of at least 4 members (excludes halogenated alkanes) is 1. The lowest BCUT2D eigenvalue weighted by Crippen LogP contribution is -2.99. The van der Waals surface area contributed by atoms with Gasteiger partial charge in [0.1, 0.15) is 29.4 Å². The van der Waals surface area contributed by atoms with Gasteiger partial charge in [-0.25, -0.2) is 0 Å². The first-order chi connectivity index (χ1) is 14.2. The number of hydrogen-bond donors (Lipinski definition) is 2. The number of benzene rings is 1. The second-order valence-electron chi connectivity index (χ2n) is 8.70. The van der Waals surface area contributed by atoms with Crippen LogP contribution in [0, 0.1) is 17.8 Å². The van der Waals surface area contributed by atoms with Crippen molar-refractivity contribution in [2.75, 3.05) is 13.7 Å². The molecule has 0 aliphatic carbocycles. The van der Waals surface area contributed by atoms with Crippen molar-refractivity contribution in [1.82, 2.24) is 4.90 Å². The minimum atomic E-state index is -1.58. The largest absolute Gasteiger partial charge is 0.544 e. The van der Waals surface area contributed by atoms with E-state index in [0.29, 0.717) is 12.0 Å². The topological polar surface area (TPSA) is 124 Å². The standard InChI is InChI=1S/C22H30N2O6/c1-5-6-10-24-19(26)15-16(20(24)27)22(21(28)29,11-12(2)3)23-17(15)13-8-7-9-14(30-4)18(13)25/h7-9,12,15-17,23,25H,5-6,10-11H2,1-4H3,(H,28,29). The maximum Gasteiger partial charge on any atom is 0.240 e. The van der Waals surface area contributed by atoms with E-state index in [1.165, 1.54) is 12.0 Å².